The lowest BCUT2D eigenvalue weighted by atomic mass is 10.1. The summed E-state index contributed by atoms with van der Waals surface area (Å²) in [5, 5.41) is 6.49. The first-order chi connectivity index (χ1) is 13.2. The Kier molecular flexibility index (Phi) is 11.2. The fourth-order valence-electron chi connectivity index (χ4n) is 3.73. The molecule has 0 spiro atoms. The third-order valence-corrected chi connectivity index (χ3v) is 5.83. The lowest BCUT2D eigenvalue weighted by Gasteiger charge is -2.37. The van der Waals surface area contributed by atoms with Crippen LogP contribution in [0, 0.1) is 0 Å². The predicted octanol–water partition coefficient (Wildman–Crippen LogP) is 1.83. The molecule has 0 aromatic carbocycles. The van der Waals surface area contributed by atoms with Gasteiger partial charge in [0.25, 0.3) is 0 Å². The third kappa shape index (κ3) is 8.55. The second-order valence-electron chi connectivity index (χ2n) is 8.84. The van der Waals surface area contributed by atoms with E-state index in [1.54, 1.807) is 0 Å². The highest BCUT2D eigenvalue weighted by molar-refractivity contribution is 5.76. The van der Waals surface area contributed by atoms with E-state index in [9.17, 15) is 9.59 Å². The summed E-state index contributed by atoms with van der Waals surface area (Å²) in [5.41, 5.74) is 0. The summed E-state index contributed by atoms with van der Waals surface area (Å²) in [4.78, 5) is 24.9. The highest BCUT2D eigenvalue weighted by Gasteiger charge is 2.32. The zero-order valence-electron chi connectivity index (χ0n) is 18.9. The maximum absolute atomic E-state index is 12.5. The molecule has 1 fully saturated rings. The fourth-order valence-corrected chi connectivity index (χ4v) is 3.73. The molecule has 164 valence electrons. The fraction of sp³-hybridized carbons (Fsp3) is 0.905. The molecule has 0 aromatic heterocycles. The Bertz CT molecular complexity index is 476. The van der Waals surface area contributed by atoms with Crippen LogP contribution in [-0.4, -0.2) is 87.6 Å². The Labute approximate surface area is 172 Å². The number of likely N-dealkylation sites (N-methyl/N-ethyl adjacent to an activating group) is 1. The summed E-state index contributed by atoms with van der Waals surface area (Å²) in [5.74, 6) is 0.365. The molecule has 7 nitrogen and oxygen atoms in total. The van der Waals surface area contributed by atoms with Crippen molar-refractivity contribution < 1.29 is 23.3 Å². The number of nitrogens with zero attached hydrogens (tertiary/aromatic N) is 2. The molecule has 2 unspecified atom stereocenters. The van der Waals surface area contributed by atoms with Gasteiger partial charge in [-0.2, -0.15) is 0 Å². The molecule has 7 heteroatoms. The Morgan fingerprint density at radius 2 is 1.89 bits per heavy atom. The number of carbonyl (C=O) groups excluding carboxylic acids is 2. The van der Waals surface area contributed by atoms with E-state index in [1.807, 2.05) is 7.05 Å². The lowest BCUT2D eigenvalue weighted by molar-refractivity contribution is -0.917. The van der Waals surface area contributed by atoms with Crippen LogP contribution in [0.15, 0.2) is 0 Å². The van der Waals surface area contributed by atoms with Crippen molar-refractivity contribution in [3.63, 3.8) is 0 Å². The van der Waals surface area contributed by atoms with Gasteiger partial charge in [0.15, 0.2) is 6.17 Å². The molecule has 0 bridgehead atoms. The summed E-state index contributed by atoms with van der Waals surface area (Å²) < 4.78 is 6.81. The third-order valence-electron chi connectivity index (χ3n) is 5.83. The maximum atomic E-state index is 12.5. The first-order valence-corrected chi connectivity index (χ1v) is 11.0. The molecule has 1 rings (SSSR count). The number of amides is 2. The zero-order chi connectivity index (χ0) is 21.0. The molecule has 2 atom stereocenters. The highest BCUT2D eigenvalue weighted by atomic mass is 16.5. The average Bonchev–Trinajstić information content (AvgIpc) is 2.67. The number of quaternary nitrogens is 2. The summed E-state index contributed by atoms with van der Waals surface area (Å²) >= 11 is 0. The van der Waals surface area contributed by atoms with E-state index in [0.717, 1.165) is 65.0 Å². The van der Waals surface area contributed by atoms with Gasteiger partial charge >= 0.3 is 5.91 Å². The van der Waals surface area contributed by atoms with Crippen molar-refractivity contribution in [2.75, 3.05) is 60.7 Å². The summed E-state index contributed by atoms with van der Waals surface area (Å²) in [6.07, 6.45) is 5.61. The monoisotopic (exact) mass is 400 g/mol. The molecule has 1 saturated heterocycles. The van der Waals surface area contributed by atoms with Crippen LogP contribution in [0.2, 0.25) is 0 Å². The number of rotatable bonds is 13. The first-order valence-electron chi connectivity index (χ1n) is 11.0. The van der Waals surface area contributed by atoms with Gasteiger partial charge in [0, 0.05) is 32.4 Å². The summed E-state index contributed by atoms with van der Waals surface area (Å²) in [6, 6.07) is 0. The zero-order valence-corrected chi connectivity index (χ0v) is 18.9. The van der Waals surface area contributed by atoms with Crippen LogP contribution < -0.4 is 10.6 Å². The molecule has 2 N–H and O–H groups in total. The Morgan fingerprint density at radius 1 is 1.18 bits per heavy atom. The van der Waals surface area contributed by atoms with Gasteiger partial charge in [0.2, 0.25) is 5.91 Å². The van der Waals surface area contributed by atoms with Crippen molar-refractivity contribution in [1.82, 2.24) is 10.6 Å². The van der Waals surface area contributed by atoms with E-state index in [1.165, 1.54) is 0 Å². The van der Waals surface area contributed by atoms with Crippen LogP contribution in [0.4, 0.5) is 0 Å². The van der Waals surface area contributed by atoms with Gasteiger partial charge in [-0.3, -0.25) is 14.6 Å². The molecule has 1 aliphatic heterocycles. The highest BCUT2D eigenvalue weighted by Crippen LogP contribution is 2.13. The van der Waals surface area contributed by atoms with E-state index in [2.05, 4.69) is 38.6 Å². The topological polar surface area (TPSA) is 67.4 Å². The average molecular weight is 401 g/mol. The molecule has 0 radical (unpaired) electrons. The number of nitrogens with one attached hydrogen (secondary N) is 2. The number of hydrogen-bond acceptors (Lipinski definition) is 4. The maximum Gasteiger partial charge on any atom is 0.314 e. The Hall–Kier alpha value is -1.02. The normalized spacial score (nSPS) is 21.3. The van der Waals surface area contributed by atoms with Crippen LogP contribution in [0.3, 0.4) is 0 Å². The predicted molar refractivity (Wildman–Crippen MR) is 112 cm³/mol. The van der Waals surface area contributed by atoms with Gasteiger partial charge in [-0.05, 0) is 19.3 Å². The first kappa shape index (κ1) is 25.0. The summed E-state index contributed by atoms with van der Waals surface area (Å²) in [7, 11) is 6.29. The van der Waals surface area contributed by atoms with Crippen molar-refractivity contribution in [2.45, 2.75) is 65.0 Å². The molecular formula is C21H44N4O3+2. The van der Waals surface area contributed by atoms with Gasteiger partial charge in [-0.1, -0.05) is 13.8 Å². The SMILES string of the molecule is CCCOCC[N+](C)(C)C(CC)NC(=O)CCCCC(=O)[N+]1(C)CCCNC1. The van der Waals surface area contributed by atoms with Crippen molar-refractivity contribution >= 4 is 11.8 Å². The van der Waals surface area contributed by atoms with Crippen molar-refractivity contribution in [3.8, 4) is 0 Å². The van der Waals surface area contributed by atoms with Crippen molar-refractivity contribution in [1.29, 1.82) is 0 Å². The Morgan fingerprint density at radius 3 is 2.50 bits per heavy atom. The molecule has 1 heterocycles. The van der Waals surface area contributed by atoms with E-state index in [0.29, 0.717) is 28.4 Å². The minimum absolute atomic E-state index is 0.0833. The number of ether oxygens (including phenoxy) is 1. The van der Waals surface area contributed by atoms with Crippen LogP contribution >= 0.6 is 0 Å². The van der Waals surface area contributed by atoms with Crippen LogP contribution in [0.1, 0.15) is 58.8 Å². The smallest absolute Gasteiger partial charge is 0.314 e. The summed E-state index contributed by atoms with van der Waals surface area (Å²) in [6.45, 7) is 9.22. The second kappa shape index (κ2) is 12.5. The molecule has 28 heavy (non-hydrogen) atoms. The molecule has 0 aromatic rings. The van der Waals surface area contributed by atoms with Gasteiger partial charge in [-0.25, -0.2) is 4.79 Å². The minimum atomic E-state index is 0.0833. The van der Waals surface area contributed by atoms with Gasteiger partial charge in [0.05, 0.1) is 40.7 Å². The van der Waals surface area contributed by atoms with E-state index in [-0.39, 0.29) is 18.0 Å². The second-order valence-corrected chi connectivity index (χ2v) is 8.84. The van der Waals surface area contributed by atoms with Crippen molar-refractivity contribution in [3.05, 3.63) is 0 Å². The molecule has 0 saturated carbocycles. The van der Waals surface area contributed by atoms with E-state index >= 15 is 0 Å². The van der Waals surface area contributed by atoms with E-state index < -0.39 is 0 Å². The van der Waals surface area contributed by atoms with Crippen LogP contribution in [0.25, 0.3) is 0 Å². The largest absolute Gasteiger partial charge is 0.376 e. The van der Waals surface area contributed by atoms with Crippen LogP contribution in [-0.2, 0) is 14.3 Å². The van der Waals surface area contributed by atoms with Gasteiger partial charge in [-0.15, -0.1) is 0 Å². The van der Waals surface area contributed by atoms with Gasteiger partial charge in [0.1, 0.15) is 13.2 Å². The van der Waals surface area contributed by atoms with Gasteiger partial charge < -0.3 is 14.5 Å². The number of unbranched alkanes of at least 4 members (excludes halogenated alkanes) is 1. The van der Waals surface area contributed by atoms with Crippen LogP contribution in [0.5, 0.6) is 0 Å². The number of hydrogen-bond donors (Lipinski definition) is 2. The standard InChI is InChI=1S/C21H43N4O3/c1-6-16-28-17-15-24(3,4)19(7-2)23-20(26)11-8-9-12-21(27)25(5)14-10-13-22-18-25/h19,22H,6-18H2,1-5H3/q+1/p+1. The molecule has 2 amide bonds. The minimum Gasteiger partial charge on any atom is -0.376 e. The molecular weight excluding hydrogens is 356 g/mol. The molecule has 1 aliphatic rings. The number of carbonyl (C=O) groups is 2. The van der Waals surface area contributed by atoms with E-state index in [4.69, 9.17) is 4.74 Å². The lowest BCUT2D eigenvalue weighted by Crippen LogP contribution is -2.58. The Balaban J connectivity index is 2.30. The van der Waals surface area contributed by atoms with Crippen molar-refractivity contribution in [2.24, 2.45) is 0 Å². The molecule has 0 aliphatic carbocycles. The quantitative estimate of drug-likeness (QED) is 0.281.